The average Bonchev–Trinajstić information content (AvgIpc) is 2.37. The van der Waals surface area contributed by atoms with E-state index in [0.717, 1.165) is 17.9 Å². The van der Waals surface area contributed by atoms with E-state index in [2.05, 4.69) is 5.32 Å². The zero-order chi connectivity index (χ0) is 13.4. The summed E-state index contributed by atoms with van der Waals surface area (Å²) in [6, 6.07) is 7.42. The molecule has 0 fully saturated rings. The summed E-state index contributed by atoms with van der Waals surface area (Å²) in [6.45, 7) is 5.21. The molecule has 100 valence electrons. The maximum atomic E-state index is 11.7. The van der Waals surface area contributed by atoms with E-state index in [1.165, 1.54) is 0 Å². The summed E-state index contributed by atoms with van der Waals surface area (Å²) in [5.74, 6) is 1.17. The number of carbonyl (C=O) groups excluding carboxylic acids is 1. The van der Waals surface area contributed by atoms with Gasteiger partial charge in [0.15, 0.2) is 0 Å². The molecule has 0 spiro atoms. The topological polar surface area (TPSA) is 64.3 Å². The van der Waals surface area contributed by atoms with Crippen LogP contribution in [0.4, 0.5) is 5.69 Å². The highest BCUT2D eigenvalue weighted by atomic mass is 16.5. The fourth-order valence-electron chi connectivity index (χ4n) is 1.55. The lowest BCUT2D eigenvalue weighted by Crippen LogP contribution is -2.16. The molecule has 1 aromatic rings. The summed E-state index contributed by atoms with van der Waals surface area (Å²) in [7, 11) is 0. The monoisotopic (exact) mass is 250 g/mol. The van der Waals surface area contributed by atoms with Crippen LogP contribution in [0.25, 0.3) is 0 Å². The normalized spacial score (nSPS) is 11.9. The van der Waals surface area contributed by atoms with Crippen molar-refractivity contribution in [3.8, 4) is 5.75 Å². The van der Waals surface area contributed by atoms with Crippen molar-refractivity contribution in [1.82, 2.24) is 0 Å². The van der Waals surface area contributed by atoms with Gasteiger partial charge in [-0.2, -0.15) is 0 Å². The molecule has 0 aliphatic carbocycles. The summed E-state index contributed by atoms with van der Waals surface area (Å²) in [5, 5.41) is 2.86. The molecule has 4 heteroatoms. The third-order valence-corrected chi connectivity index (χ3v) is 2.70. The maximum Gasteiger partial charge on any atom is 0.224 e. The Hall–Kier alpha value is -1.55. The molecule has 1 unspecified atom stereocenters. The van der Waals surface area contributed by atoms with Gasteiger partial charge in [-0.1, -0.05) is 13.0 Å². The molecule has 18 heavy (non-hydrogen) atoms. The Kier molecular flexibility index (Phi) is 6.22. The zero-order valence-corrected chi connectivity index (χ0v) is 11.1. The molecule has 0 aliphatic heterocycles. The van der Waals surface area contributed by atoms with Crippen LogP contribution in [0.5, 0.6) is 5.75 Å². The van der Waals surface area contributed by atoms with Gasteiger partial charge in [0.05, 0.1) is 6.61 Å². The van der Waals surface area contributed by atoms with Gasteiger partial charge < -0.3 is 15.8 Å². The fraction of sp³-hybridized carbons (Fsp3) is 0.500. The number of benzene rings is 1. The zero-order valence-electron chi connectivity index (χ0n) is 11.1. The lowest BCUT2D eigenvalue weighted by atomic mass is 10.1. The minimum absolute atomic E-state index is 0.0175. The Morgan fingerprint density at radius 1 is 1.50 bits per heavy atom. The highest BCUT2D eigenvalue weighted by Crippen LogP contribution is 2.17. The predicted octanol–water partition coefficient (Wildman–Crippen LogP) is 2.40. The number of ether oxygens (including phenoxy) is 1. The number of nitrogens with two attached hydrogens (primary N) is 1. The van der Waals surface area contributed by atoms with Gasteiger partial charge in [0.25, 0.3) is 0 Å². The van der Waals surface area contributed by atoms with Gasteiger partial charge in [0.1, 0.15) is 5.75 Å². The van der Waals surface area contributed by atoms with Crippen LogP contribution >= 0.6 is 0 Å². The van der Waals surface area contributed by atoms with E-state index in [1.807, 2.05) is 38.1 Å². The summed E-state index contributed by atoms with van der Waals surface area (Å²) in [4.78, 5) is 11.7. The van der Waals surface area contributed by atoms with Crippen molar-refractivity contribution in [1.29, 1.82) is 0 Å². The standard InChI is InChI=1S/C14H22N2O2/c1-3-18-13-6-4-5-12(9-13)16-14(17)8-7-11(2)10-15/h4-6,9,11H,3,7-8,10,15H2,1-2H3,(H,16,17). The summed E-state index contributed by atoms with van der Waals surface area (Å²) in [6.07, 6.45) is 1.31. The van der Waals surface area contributed by atoms with Crippen molar-refractivity contribution in [2.75, 3.05) is 18.5 Å². The van der Waals surface area contributed by atoms with E-state index in [-0.39, 0.29) is 5.91 Å². The Morgan fingerprint density at radius 3 is 2.94 bits per heavy atom. The number of hydrogen-bond donors (Lipinski definition) is 2. The molecule has 1 rings (SSSR count). The van der Waals surface area contributed by atoms with Gasteiger partial charge in [0, 0.05) is 18.2 Å². The van der Waals surface area contributed by atoms with E-state index >= 15 is 0 Å². The van der Waals surface area contributed by atoms with Crippen LogP contribution < -0.4 is 15.8 Å². The van der Waals surface area contributed by atoms with Crippen LogP contribution in [-0.4, -0.2) is 19.1 Å². The SMILES string of the molecule is CCOc1cccc(NC(=O)CCC(C)CN)c1. The molecule has 4 nitrogen and oxygen atoms in total. The first kappa shape index (κ1) is 14.5. The van der Waals surface area contributed by atoms with Crippen molar-refractivity contribution in [3.05, 3.63) is 24.3 Å². The molecule has 1 aromatic carbocycles. The average molecular weight is 250 g/mol. The van der Waals surface area contributed by atoms with E-state index in [9.17, 15) is 4.79 Å². The second kappa shape index (κ2) is 7.71. The van der Waals surface area contributed by atoms with Crippen molar-refractivity contribution >= 4 is 11.6 Å². The number of anilines is 1. The summed E-state index contributed by atoms with van der Waals surface area (Å²) in [5.41, 5.74) is 6.29. The molecule has 1 atom stereocenters. The lowest BCUT2D eigenvalue weighted by Gasteiger charge is -2.10. The molecule has 0 radical (unpaired) electrons. The van der Waals surface area contributed by atoms with Gasteiger partial charge in [-0.15, -0.1) is 0 Å². The Morgan fingerprint density at radius 2 is 2.28 bits per heavy atom. The second-order valence-corrected chi connectivity index (χ2v) is 4.39. The molecule has 1 amide bonds. The molecule has 0 bridgehead atoms. The van der Waals surface area contributed by atoms with Gasteiger partial charge >= 0.3 is 0 Å². The van der Waals surface area contributed by atoms with E-state index in [4.69, 9.17) is 10.5 Å². The van der Waals surface area contributed by atoms with Gasteiger partial charge in [-0.05, 0) is 37.9 Å². The van der Waals surface area contributed by atoms with Gasteiger partial charge in [0.2, 0.25) is 5.91 Å². The first-order valence-corrected chi connectivity index (χ1v) is 6.38. The number of hydrogen-bond acceptors (Lipinski definition) is 3. The van der Waals surface area contributed by atoms with Gasteiger partial charge in [-0.25, -0.2) is 0 Å². The third kappa shape index (κ3) is 5.19. The van der Waals surface area contributed by atoms with Crippen molar-refractivity contribution in [3.63, 3.8) is 0 Å². The number of carbonyl (C=O) groups is 1. The van der Waals surface area contributed by atoms with Crippen LogP contribution in [0.2, 0.25) is 0 Å². The van der Waals surface area contributed by atoms with Crippen LogP contribution in [-0.2, 0) is 4.79 Å². The largest absolute Gasteiger partial charge is 0.494 e. The second-order valence-electron chi connectivity index (χ2n) is 4.39. The fourth-order valence-corrected chi connectivity index (χ4v) is 1.55. The minimum atomic E-state index is 0.0175. The number of nitrogens with one attached hydrogen (secondary N) is 1. The molecular formula is C14H22N2O2. The van der Waals surface area contributed by atoms with Crippen LogP contribution in [0.1, 0.15) is 26.7 Å². The molecule has 0 aliphatic rings. The molecule has 0 saturated heterocycles. The molecule has 0 saturated carbocycles. The van der Waals surface area contributed by atoms with Crippen molar-refractivity contribution in [2.24, 2.45) is 11.7 Å². The van der Waals surface area contributed by atoms with Crippen molar-refractivity contribution < 1.29 is 9.53 Å². The smallest absolute Gasteiger partial charge is 0.224 e. The number of amides is 1. The van der Waals surface area contributed by atoms with Crippen molar-refractivity contribution in [2.45, 2.75) is 26.7 Å². The van der Waals surface area contributed by atoms with E-state index in [0.29, 0.717) is 25.5 Å². The molecular weight excluding hydrogens is 228 g/mol. The first-order chi connectivity index (χ1) is 8.65. The highest BCUT2D eigenvalue weighted by molar-refractivity contribution is 5.90. The predicted molar refractivity (Wildman–Crippen MR) is 73.7 cm³/mol. The quantitative estimate of drug-likeness (QED) is 0.781. The maximum absolute atomic E-state index is 11.7. The van der Waals surface area contributed by atoms with Crippen LogP contribution in [0, 0.1) is 5.92 Å². The molecule has 0 heterocycles. The Balaban J connectivity index is 2.46. The lowest BCUT2D eigenvalue weighted by molar-refractivity contribution is -0.116. The molecule has 3 N–H and O–H groups in total. The highest BCUT2D eigenvalue weighted by Gasteiger charge is 2.06. The summed E-state index contributed by atoms with van der Waals surface area (Å²) >= 11 is 0. The number of rotatable bonds is 7. The summed E-state index contributed by atoms with van der Waals surface area (Å²) < 4.78 is 5.38. The minimum Gasteiger partial charge on any atom is -0.494 e. The molecule has 0 aromatic heterocycles. The van der Waals surface area contributed by atoms with Crippen LogP contribution in [0.3, 0.4) is 0 Å². The van der Waals surface area contributed by atoms with E-state index in [1.54, 1.807) is 0 Å². The van der Waals surface area contributed by atoms with Gasteiger partial charge in [-0.3, -0.25) is 4.79 Å². The Labute approximate surface area is 109 Å². The third-order valence-electron chi connectivity index (χ3n) is 2.70. The van der Waals surface area contributed by atoms with Crippen LogP contribution in [0.15, 0.2) is 24.3 Å². The first-order valence-electron chi connectivity index (χ1n) is 6.38. The Bertz CT molecular complexity index is 380. The van der Waals surface area contributed by atoms with E-state index < -0.39 is 0 Å².